The van der Waals surface area contributed by atoms with Crippen LogP contribution >= 0.6 is 11.6 Å². The van der Waals surface area contributed by atoms with Crippen molar-refractivity contribution in [2.45, 2.75) is 19.4 Å². The summed E-state index contributed by atoms with van der Waals surface area (Å²) in [6.45, 7) is 3.32. The molecule has 1 aromatic rings. The average molecular weight is 345 g/mol. The first kappa shape index (κ1) is 17.2. The van der Waals surface area contributed by atoms with Crippen molar-refractivity contribution in [1.82, 2.24) is 10.2 Å². The summed E-state index contributed by atoms with van der Waals surface area (Å²) < 4.78 is 23.8. The minimum atomic E-state index is -3.07. The van der Waals surface area contributed by atoms with Crippen LogP contribution in [0.1, 0.15) is 24.9 Å². The summed E-state index contributed by atoms with van der Waals surface area (Å²) in [5.74, 6) is 0.117. The van der Waals surface area contributed by atoms with Gasteiger partial charge in [-0.05, 0) is 18.1 Å². The molecular formula is C15H21ClN2O3S. The maximum atomic E-state index is 12.2. The zero-order valence-corrected chi connectivity index (χ0v) is 14.2. The Morgan fingerprint density at radius 3 is 2.73 bits per heavy atom. The van der Waals surface area contributed by atoms with Gasteiger partial charge in [-0.3, -0.25) is 9.69 Å². The van der Waals surface area contributed by atoms with Crippen molar-refractivity contribution in [2.75, 3.05) is 31.1 Å². The molecule has 1 saturated heterocycles. The molecule has 122 valence electrons. The summed E-state index contributed by atoms with van der Waals surface area (Å²) in [5, 5.41) is 3.34. The predicted octanol–water partition coefficient (Wildman–Crippen LogP) is 1.64. The number of hydrogen-bond donors (Lipinski definition) is 1. The third kappa shape index (κ3) is 4.21. The predicted molar refractivity (Wildman–Crippen MR) is 87.7 cm³/mol. The van der Waals surface area contributed by atoms with E-state index >= 15 is 0 Å². The first-order valence-electron chi connectivity index (χ1n) is 7.41. The largest absolute Gasteiger partial charge is 0.353 e. The number of nitrogens with one attached hydrogen (secondary N) is 1. The van der Waals surface area contributed by atoms with Gasteiger partial charge in [-0.2, -0.15) is 0 Å². The molecule has 1 N–H and O–H groups in total. The second kappa shape index (κ2) is 7.44. The van der Waals surface area contributed by atoms with Crippen LogP contribution in [-0.4, -0.2) is 50.4 Å². The third-order valence-corrected chi connectivity index (χ3v) is 5.90. The van der Waals surface area contributed by atoms with Gasteiger partial charge in [0, 0.05) is 30.4 Å². The zero-order chi connectivity index (χ0) is 16.2. The summed E-state index contributed by atoms with van der Waals surface area (Å²) in [4.78, 5) is 14.1. The van der Waals surface area contributed by atoms with Crippen LogP contribution in [0.5, 0.6) is 0 Å². The number of sulfone groups is 1. The van der Waals surface area contributed by atoms with Crippen LogP contribution in [0, 0.1) is 0 Å². The standard InChI is InChI=1S/C15H21ClN2O3S/c1-2-10-22(20,21)11-9-18-8-7-17-15(19)14(18)12-5-3-4-6-13(12)16/h3-6,14H,2,7-11H2,1H3,(H,17,19)/t14-/m0/s1. The third-order valence-electron chi connectivity index (χ3n) is 3.72. The molecule has 0 bridgehead atoms. The number of benzene rings is 1. The summed E-state index contributed by atoms with van der Waals surface area (Å²) in [6, 6.07) is 6.66. The lowest BCUT2D eigenvalue weighted by Gasteiger charge is -2.35. The van der Waals surface area contributed by atoms with Crippen molar-refractivity contribution in [3.63, 3.8) is 0 Å². The lowest BCUT2D eigenvalue weighted by atomic mass is 10.0. The van der Waals surface area contributed by atoms with Gasteiger partial charge in [0.15, 0.2) is 9.84 Å². The van der Waals surface area contributed by atoms with Crippen LogP contribution in [0.25, 0.3) is 0 Å². The topological polar surface area (TPSA) is 66.5 Å². The van der Waals surface area contributed by atoms with E-state index in [2.05, 4.69) is 5.32 Å². The van der Waals surface area contributed by atoms with Gasteiger partial charge < -0.3 is 5.32 Å². The molecule has 1 aromatic carbocycles. The monoisotopic (exact) mass is 344 g/mol. The number of halogens is 1. The minimum absolute atomic E-state index is 0.0646. The Balaban J connectivity index is 2.18. The molecule has 5 nitrogen and oxygen atoms in total. The Labute approximate surface area is 136 Å². The Morgan fingerprint density at radius 2 is 2.05 bits per heavy atom. The van der Waals surface area contributed by atoms with Gasteiger partial charge in [0.2, 0.25) is 5.91 Å². The van der Waals surface area contributed by atoms with Crippen LogP contribution in [0.4, 0.5) is 0 Å². The molecule has 2 rings (SSSR count). The lowest BCUT2D eigenvalue weighted by molar-refractivity contribution is -0.129. The van der Waals surface area contributed by atoms with E-state index in [1.165, 1.54) is 0 Å². The Bertz CT molecular complexity index is 633. The molecule has 0 aliphatic carbocycles. The molecule has 22 heavy (non-hydrogen) atoms. The fourth-order valence-electron chi connectivity index (χ4n) is 2.66. The highest BCUT2D eigenvalue weighted by atomic mass is 35.5. The average Bonchev–Trinajstić information content (AvgIpc) is 2.46. The molecular weight excluding hydrogens is 324 g/mol. The number of amides is 1. The van der Waals surface area contributed by atoms with E-state index in [0.29, 0.717) is 36.6 Å². The first-order valence-corrected chi connectivity index (χ1v) is 9.61. The Kier molecular flexibility index (Phi) is 5.83. The van der Waals surface area contributed by atoms with Crippen LogP contribution in [0.15, 0.2) is 24.3 Å². The molecule has 0 unspecified atom stereocenters. The smallest absolute Gasteiger partial charge is 0.242 e. The van der Waals surface area contributed by atoms with Crippen molar-refractivity contribution in [2.24, 2.45) is 0 Å². The zero-order valence-electron chi connectivity index (χ0n) is 12.6. The summed E-state index contributed by atoms with van der Waals surface area (Å²) in [5.41, 5.74) is 0.717. The van der Waals surface area contributed by atoms with Crippen molar-refractivity contribution in [3.8, 4) is 0 Å². The number of carbonyl (C=O) groups excluding carboxylic acids is 1. The molecule has 0 spiro atoms. The van der Waals surface area contributed by atoms with Crippen LogP contribution in [0.3, 0.4) is 0 Å². The number of nitrogens with zero attached hydrogens (tertiary/aromatic N) is 1. The van der Waals surface area contributed by atoms with Gasteiger partial charge in [0.1, 0.15) is 6.04 Å². The van der Waals surface area contributed by atoms with Crippen LogP contribution in [0.2, 0.25) is 5.02 Å². The minimum Gasteiger partial charge on any atom is -0.353 e. The molecule has 1 aliphatic heterocycles. The highest BCUT2D eigenvalue weighted by Gasteiger charge is 2.32. The fraction of sp³-hybridized carbons (Fsp3) is 0.533. The summed E-state index contributed by atoms with van der Waals surface area (Å²) in [7, 11) is -3.07. The Hall–Kier alpha value is -1.11. The van der Waals surface area contributed by atoms with E-state index in [1.807, 2.05) is 30.0 Å². The molecule has 1 aliphatic rings. The summed E-state index contributed by atoms with van der Waals surface area (Å²) in [6.07, 6.45) is 0.608. The van der Waals surface area contributed by atoms with Gasteiger partial charge in [-0.15, -0.1) is 0 Å². The van der Waals surface area contributed by atoms with E-state index in [0.717, 1.165) is 0 Å². The summed E-state index contributed by atoms with van der Waals surface area (Å²) >= 11 is 6.20. The number of carbonyl (C=O) groups is 1. The van der Waals surface area contributed by atoms with Crippen molar-refractivity contribution >= 4 is 27.3 Å². The van der Waals surface area contributed by atoms with Crippen molar-refractivity contribution < 1.29 is 13.2 Å². The Morgan fingerprint density at radius 1 is 1.32 bits per heavy atom. The van der Waals surface area contributed by atoms with E-state index in [4.69, 9.17) is 11.6 Å². The van der Waals surface area contributed by atoms with E-state index in [-0.39, 0.29) is 17.4 Å². The molecule has 1 fully saturated rings. The fourth-order valence-corrected chi connectivity index (χ4v) is 4.24. The molecule has 1 heterocycles. The molecule has 1 atom stereocenters. The quantitative estimate of drug-likeness (QED) is 0.852. The van der Waals surface area contributed by atoms with Gasteiger partial charge in [-0.25, -0.2) is 8.42 Å². The highest BCUT2D eigenvalue weighted by Crippen LogP contribution is 2.29. The highest BCUT2D eigenvalue weighted by molar-refractivity contribution is 7.91. The number of piperazine rings is 1. The number of rotatable bonds is 6. The molecule has 0 aromatic heterocycles. The van der Waals surface area contributed by atoms with E-state index in [1.54, 1.807) is 6.07 Å². The van der Waals surface area contributed by atoms with Gasteiger partial charge in [0.05, 0.1) is 5.75 Å². The van der Waals surface area contributed by atoms with Gasteiger partial charge in [-0.1, -0.05) is 36.7 Å². The van der Waals surface area contributed by atoms with Crippen LogP contribution < -0.4 is 5.32 Å². The molecule has 0 radical (unpaired) electrons. The van der Waals surface area contributed by atoms with E-state index in [9.17, 15) is 13.2 Å². The molecule has 0 saturated carbocycles. The lowest BCUT2D eigenvalue weighted by Crippen LogP contribution is -2.51. The SMILES string of the molecule is CCCS(=O)(=O)CCN1CCNC(=O)[C@@H]1c1ccccc1Cl. The normalized spacial score (nSPS) is 19.9. The molecule has 1 amide bonds. The van der Waals surface area contributed by atoms with Crippen molar-refractivity contribution in [3.05, 3.63) is 34.9 Å². The van der Waals surface area contributed by atoms with Crippen LogP contribution in [-0.2, 0) is 14.6 Å². The molecule has 7 heteroatoms. The van der Waals surface area contributed by atoms with Gasteiger partial charge in [0.25, 0.3) is 0 Å². The van der Waals surface area contributed by atoms with Crippen molar-refractivity contribution in [1.29, 1.82) is 0 Å². The van der Waals surface area contributed by atoms with E-state index < -0.39 is 15.9 Å². The second-order valence-electron chi connectivity index (χ2n) is 5.40. The maximum absolute atomic E-state index is 12.2. The first-order chi connectivity index (χ1) is 10.4. The van der Waals surface area contributed by atoms with Gasteiger partial charge >= 0.3 is 0 Å². The maximum Gasteiger partial charge on any atom is 0.242 e. The second-order valence-corrected chi connectivity index (χ2v) is 8.11. The number of hydrogen-bond acceptors (Lipinski definition) is 4.